The Morgan fingerprint density at radius 1 is 1.26 bits per heavy atom. The number of hydrogen-bond acceptors (Lipinski definition) is 3. The number of urea groups is 1. The second-order valence-electron chi connectivity index (χ2n) is 5.62. The van der Waals surface area contributed by atoms with Gasteiger partial charge < -0.3 is 15.0 Å². The Morgan fingerprint density at radius 2 is 1.91 bits per heavy atom. The Bertz CT molecular complexity index is 525. The zero-order chi connectivity index (χ0) is 16.7. The summed E-state index contributed by atoms with van der Waals surface area (Å²) in [6, 6.07) is 7.54. The van der Waals surface area contributed by atoms with Gasteiger partial charge in [0.1, 0.15) is 0 Å². The van der Waals surface area contributed by atoms with Gasteiger partial charge in [-0.2, -0.15) is 0 Å². The summed E-state index contributed by atoms with van der Waals surface area (Å²) < 4.78 is 5.03. The fourth-order valence-electron chi connectivity index (χ4n) is 2.66. The molecule has 126 valence electrons. The maximum absolute atomic E-state index is 12.1. The number of carbonyl (C=O) groups excluding carboxylic acids is 2. The Morgan fingerprint density at radius 3 is 2.52 bits per heavy atom. The maximum atomic E-state index is 12.1. The minimum Gasteiger partial charge on any atom is -0.466 e. The van der Waals surface area contributed by atoms with Crippen LogP contribution in [0.2, 0.25) is 5.02 Å². The van der Waals surface area contributed by atoms with Crippen LogP contribution in [0.3, 0.4) is 0 Å². The lowest BCUT2D eigenvalue weighted by molar-refractivity contribution is -0.149. The molecule has 5 nitrogen and oxygen atoms in total. The number of likely N-dealkylation sites (tertiary alicyclic amines) is 1. The van der Waals surface area contributed by atoms with E-state index in [0.29, 0.717) is 44.1 Å². The molecule has 0 spiro atoms. The van der Waals surface area contributed by atoms with Crippen molar-refractivity contribution in [3.8, 4) is 0 Å². The smallest absolute Gasteiger partial charge is 0.317 e. The van der Waals surface area contributed by atoms with Crippen molar-refractivity contribution in [2.45, 2.75) is 26.2 Å². The first kappa shape index (κ1) is 17.6. The van der Waals surface area contributed by atoms with Gasteiger partial charge in [-0.05, 0) is 43.9 Å². The normalized spacial score (nSPS) is 15.3. The second-order valence-corrected chi connectivity index (χ2v) is 6.06. The molecule has 1 aliphatic heterocycles. The van der Waals surface area contributed by atoms with Crippen LogP contribution in [-0.4, -0.2) is 43.1 Å². The molecule has 2 rings (SSSR count). The first-order valence-electron chi connectivity index (χ1n) is 8.04. The molecule has 1 heterocycles. The zero-order valence-corrected chi connectivity index (χ0v) is 14.1. The van der Waals surface area contributed by atoms with Crippen molar-refractivity contribution in [2.75, 3.05) is 26.2 Å². The van der Waals surface area contributed by atoms with Gasteiger partial charge in [-0.15, -0.1) is 0 Å². The number of piperidine rings is 1. The number of ether oxygens (including phenoxy) is 1. The fraction of sp³-hybridized carbons (Fsp3) is 0.529. The van der Waals surface area contributed by atoms with Crippen molar-refractivity contribution < 1.29 is 14.3 Å². The van der Waals surface area contributed by atoms with E-state index in [9.17, 15) is 9.59 Å². The Kier molecular flexibility index (Phi) is 6.71. The second kappa shape index (κ2) is 8.77. The SMILES string of the molecule is CCOC(=O)C1CCN(C(=O)NCCc2ccc(Cl)cc2)CC1. The molecule has 6 heteroatoms. The van der Waals surface area contributed by atoms with Crippen LogP contribution >= 0.6 is 11.6 Å². The zero-order valence-electron chi connectivity index (χ0n) is 13.4. The van der Waals surface area contributed by atoms with Gasteiger partial charge in [0.05, 0.1) is 12.5 Å². The minimum atomic E-state index is -0.143. The predicted octanol–water partition coefficient (Wildman–Crippen LogP) is 2.87. The molecule has 1 aromatic carbocycles. The quantitative estimate of drug-likeness (QED) is 0.840. The summed E-state index contributed by atoms with van der Waals surface area (Å²) in [4.78, 5) is 25.6. The summed E-state index contributed by atoms with van der Waals surface area (Å²) in [5.41, 5.74) is 1.13. The van der Waals surface area contributed by atoms with Crippen LogP contribution in [0.1, 0.15) is 25.3 Å². The van der Waals surface area contributed by atoms with Crippen molar-refractivity contribution in [3.63, 3.8) is 0 Å². The number of amides is 2. The molecule has 0 radical (unpaired) electrons. The molecule has 2 amide bonds. The van der Waals surface area contributed by atoms with Gasteiger partial charge >= 0.3 is 12.0 Å². The third-order valence-corrected chi connectivity index (χ3v) is 4.26. The van der Waals surface area contributed by atoms with E-state index in [2.05, 4.69) is 5.32 Å². The van der Waals surface area contributed by atoms with Crippen LogP contribution in [0.25, 0.3) is 0 Å². The average molecular weight is 339 g/mol. The number of benzene rings is 1. The average Bonchev–Trinajstić information content (AvgIpc) is 2.57. The highest BCUT2D eigenvalue weighted by atomic mass is 35.5. The molecule has 1 N–H and O–H groups in total. The van der Waals surface area contributed by atoms with Crippen molar-refractivity contribution in [1.29, 1.82) is 0 Å². The van der Waals surface area contributed by atoms with Gasteiger partial charge in [-0.25, -0.2) is 4.79 Å². The van der Waals surface area contributed by atoms with E-state index in [1.54, 1.807) is 11.8 Å². The molecule has 0 saturated carbocycles. The first-order valence-corrected chi connectivity index (χ1v) is 8.41. The largest absolute Gasteiger partial charge is 0.466 e. The molecule has 23 heavy (non-hydrogen) atoms. The summed E-state index contributed by atoms with van der Waals surface area (Å²) >= 11 is 5.84. The predicted molar refractivity (Wildman–Crippen MR) is 89.5 cm³/mol. The number of esters is 1. The molecule has 0 atom stereocenters. The molecule has 0 aromatic heterocycles. The van der Waals surface area contributed by atoms with Crippen LogP contribution < -0.4 is 5.32 Å². The lowest BCUT2D eigenvalue weighted by Crippen LogP contribution is -2.46. The van der Waals surface area contributed by atoms with Gasteiger partial charge in [-0.1, -0.05) is 23.7 Å². The van der Waals surface area contributed by atoms with E-state index in [1.165, 1.54) is 0 Å². The third-order valence-electron chi connectivity index (χ3n) is 4.01. The van der Waals surface area contributed by atoms with Crippen LogP contribution in [-0.2, 0) is 16.0 Å². The third kappa shape index (κ3) is 5.43. The summed E-state index contributed by atoms with van der Waals surface area (Å²) in [6.45, 7) is 3.98. The molecule has 1 saturated heterocycles. The Balaban J connectivity index is 1.68. The number of nitrogens with zero attached hydrogens (tertiary/aromatic N) is 1. The monoisotopic (exact) mass is 338 g/mol. The van der Waals surface area contributed by atoms with Gasteiger partial charge in [0.15, 0.2) is 0 Å². The van der Waals surface area contributed by atoms with E-state index in [4.69, 9.17) is 16.3 Å². The summed E-state index contributed by atoms with van der Waals surface area (Å²) in [6.07, 6.45) is 2.11. The van der Waals surface area contributed by atoms with Crippen LogP contribution in [0.15, 0.2) is 24.3 Å². The summed E-state index contributed by atoms with van der Waals surface area (Å²) in [7, 11) is 0. The molecule has 0 bridgehead atoms. The van der Waals surface area contributed by atoms with Crippen molar-refractivity contribution in [1.82, 2.24) is 10.2 Å². The van der Waals surface area contributed by atoms with Gasteiger partial charge in [0.2, 0.25) is 0 Å². The molecule has 1 aromatic rings. The molecule has 0 aliphatic carbocycles. The van der Waals surface area contributed by atoms with E-state index < -0.39 is 0 Å². The van der Waals surface area contributed by atoms with Gasteiger partial charge in [0.25, 0.3) is 0 Å². The Hall–Kier alpha value is -1.75. The van der Waals surface area contributed by atoms with Crippen molar-refractivity contribution in [3.05, 3.63) is 34.9 Å². The number of rotatable bonds is 5. The fourth-order valence-corrected chi connectivity index (χ4v) is 2.78. The van der Waals surface area contributed by atoms with E-state index >= 15 is 0 Å². The number of hydrogen-bond donors (Lipinski definition) is 1. The van der Waals surface area contributed by atoms with Crippen LogP contribution in [0.5, 0.6) is 0 Å². The molecule has 1 fully saturated rings. The maximum Gasteiger partial charge on any atom is 0.317 e. The highest BCUT2D eigenvalue weighted by Gasteiger charge is 2.27. The van der Waals surface area contributed by atoms with Gasteiger partial charge in [0, 0.05) is 24.7 Å². The van der Waals surface area contributed by atoms with Crippen molar-refractivity contribution in [2.24, 2.45) is 5.92 Å². The first-order chi connectivity index (χ1) is 11.1. The van der Waals surface area contributed by atoms with Crippen molar-refractivity contribution >= 4 is 23.6 Å². The number of carbonyl (C=O) groups is 2. The summed E-state index contributed by atoms with van der Waals surface area (Å²) in [5.74, 6) is -0.219. The standard InChI is InChI=1S/C17H23ClN2O3/c1-2-23-16(21)14-8-11-20(12-9-14)17(22)19-10-7-13-3-5-15(18)6-4-13/h3-6,14H,2,7-12H2,1H3,(H,19,22). The van der Waals surface area contributed by atoms with Gasteiger partial charge in [-0.3, -0.25) is 4.79 Å². The molecular formula is C17H23ClN2O3. The number of nitrogens with one attached hydrogen (secondary N) is 1. The topological polar surface area (TPSA) is 58.6 Å². The summed E-state index contributed by atoms with van der Waals surface area (Å²) in [5, 5.41) is 3.63. The van der Waals surface area contributed by atoms with Crippen LogP contribution in [0, 0.1) is 5.92 Å². The highest BCUT2D eigenvalue weighted by Crippen LogP contribution is 2.18. The lowest BCUT2D eigenvalue weighted by Gasteiger charge is -2.30. The number of halogens is 1. The molecular weight excluding hydrogens is 316 g/mol. The molecule has 0 unspecified atom stereocenters. The van der Waals surface area contributed by atoms with E-state index in [1.807, 2.05) is 24.3 Å². The lowest BCUT2D eigenvalue weighted by atomic mass is 9.97. The van der Waals surface area contributed by atoms with Crippen LogP contribution in [0.4, 0.5) is 4.79 Å². The Labute approximate surface area is 141 Å². The van der Waals surface area contributed by atoms with E-state index in [0.717, 1.165) is 12.0 Å². The highest BCUT2D eigenvalue weighted by molar-refractivity contribution is 6.30. The molecule has 1 aliphatic rings. The minimum absolute atomic E-state index is 0.0683. The van der Waals surface area contributed by atoms with E-state index in [-0.39, 0.29) is 17.9 Å².